The third-order valence-electron chi connectivity index (χ3n) is 3.72. The summed E-state index contributed by atoms with van der Waals surface area (Å²) in [6, 6.07) is 0.541. The van der Waals surface area contributed by atoms with E-state index in [4.69, 9.17) is 5.73 Å². The van der Waals surface area contributed by atoms with E-state index in [0.29, 0.717) is 17.8 Å². The van der Waals surface area contributed by atoms with Gasteiger partial charge in [-0.05, 0) is 18.8 Å². The first-order valence-electron chi connectivity index (χ1n) is 6.52. The van der Waals surface area contributed by atoms with Gasteiger partial charge in [-0.1, -0.05) is 13.8 Å². The van der Waals surface area contributed by atoms with Gasteiger partial charge in [0.05, 0.1) is 6.20 Å². The largest absolute Gasteiger partial charge is 0.382 e. The Morgan fingerprint density at radius 2 is 2.28 bits per heavy atom. The Hall–Kier alpha value is -1.78. The quantitative estimate of drug-likeness (QED) is 0.878. The highest BCUT2D eigenvalue weighted by atomic mass is 15.3. The molecule has 96 valence electrons. The summed E-state index contributed by atoms with van der Waals surface area (Å²) in [6.45, 7) is 5.57. The number of imidazole rings is 1. The zero-order valence-corrected chi connectivity index (χ0v) is 10.9. The monoisotopic (exact) mass is 245 g/mol. The third-order valence-corrected chi connectivity index (χ3v) is 3.72. The van der Waals surface area contributed by atoms with E-state index in [1.165, 1.54) is 12.8 Å². The first-order chi connectivity index (χ1) is 8.66. The van der Waals surface area contributed by atoms with Crippen LogP contribution in [0.25, 0.3) is 5.65 Å². The van der Waals surface area contributed by atoms with Crippen LogP contribution in [0.2, 0.25) is 0 Å². The summed E-state index contributed by atoms with van der Waals surface area (Å²) < 4.78 is 1.95. The molecule has 2 aromatic rings. The van der Waals surface area contributed by atoms with Crippen LogP contribution in [0.3, 0.4) is 0 Å². The fourth-order valence-corrected chi connectivity index (χ4v) is 2.88. The molecule has 0 amide bonds. The number of rotatable bonds is 2. The summed E-state index contributed by atoms with van der Waals surface area (Å²) in [5.41, 5.74) is 6.79. The van der Waals surface area contributed by atoms with Crippen molar-refractivity contribution in [1.29, 1.82) is 0 Å². The van der Waals surface area contributed by atoms with Gasteiger partial charge in [-0.3, -0.25) is 0 Å². The van der Waals surface area contributed by atoms with Crippen LogP contribution < -0.4 is 10.6 Å². The maximum Gasteiger partial charge on any atom is 0.180 e. The van der Waals surface area contributed by atoms with Gasteiger partial charge in [0.1, 0.15) is 5.82 Å². The van der Waals surface area contributed by atoms with Gasteiger partial charge in [-0.15, -0.1) is 0 Å². The van der Waals surface area contributed by atoms with Crippen molar-refractivity contribution < 1.29 is 0 Å². The summed E-state index contributed by atoms with van der Waals surface area (Å²) >= 11 is 0. The van der Waals surface area contributed by atoms with E-state index < -0.39 is 0 Å². The summed E-state index contributed by atoms with van der Waals surface area (Å²) in [5, 5.41) is 0. The Bertz CT molecular complexity index is 560. The molecule has 2 N–H and O–H groups in total. The fraction of sp³-hybridized carbons (Fsp3) is 0.538. The molecule has 1 aliphatic rings. The Balaban J connectivity index is 2.10. The van der Waals surface area contributed by atoms with E-state index in [9.17, 15) is 0 Å². The van der Waals surface area contributed by atoms with E-state index in [1.54, 1.807) is 6.20 Å². The molecule has 1 atom stereocenters. The molecule has 0 bridgehead atoms. The molecule has 1 unspecified atom stereocenters. The first-order valence-corrected chi connectivity index (χ1v) is 6.52. The average molecular weight is 245 g/mol. The van der Waals surface area contributed by atoms with Crippen molar-refractivity contribution in [2.45, 2.75) is 32.7 Å². The topological polar surface area (TPSA) is 59.5 Å². The van der Waals surface area contributed by atoms with Gasteiger partial charge in [0.25, 0.3) is 0 Å². The number of nitrogen functional groups attached to an aromatic ring is 1. The fourth-order valence-electron chi connectivity index (χ4n) is 2.88. The van der Waals surface area contributed by atoms with Crippen molar-refractivity contribution in [3.8, 4) is 0 Å². The van der Waals surface area contributed by atoms with Crippen LogP contribution in [-0.2, 0) is 0 Å². The van der Waals surface area contributed by atoms with E-state index in [0.717, 1.165) is 18.0 Å². The maximum absolute atomic E-state index is 5.89. The van der Waals surface area contributed by atoms with Crippen molar-refractivity contribution in [1.82, 2.24) is 14.4 Å². The Labute approximate surface area is 107 Å². The summed E-state index contributed by atoms with van der Waals surface area (Å²) in [5.74, 6) is 2.09. The van der Waals surface area contributed by atoms with Crippen molar-refractivity contribution in [3.05, 3.63) is 18.6 Å². The average Bonchev–Trinajstić information content (AvgIpc) is 2.95. The van der Waals surface area contributed by atoms with Gasteiger partial charge in [-0.25, -0.2) is 9.97 Å². The lowest BCUT2D eigenvalue weighted by Gasteiger charge is -2.28. The molecular formula is C13H19N5. The number of fused-ring (bicyclic) bond motifs is 1. The Morgan fingerprint density at radius 3 is 3.06 bits per heavy atom. The lowest BCUT2D eigenvalue weighted by molar-refractivity contribution is 0.490. The van der Waals surface area contributed by atoms with Gasteiger partial charge in [0.15, 0.2) is 11.5 Å². The molecule has 18 heavy (non-hydrogen) atoms. The minimum Gasteiger partial charge on any atom is -0.382 e. The number of anilines is 2. The lowest BCUT2D eigenvalue weighted by atomic mass is 10.0. The van der Waals surface area contributed by atoms with Gasteiger partial charge < -0.3 is 15.0 Å². The lowest BCUT2D eigenvalue weighted by Crippen LogP contribution is -2.34. The van der Waals surface area contributed by atoms with Crippen LogP contribution in [-0.4, -0.2) is 27.0 Å². The van der Waals surface area contributed by atoms with Crippen molar-refractivity contribution in [3.63, 3.8) is 0 Å². The molecule has 1 saturated heterocycles. The van der Waals surface area contributed by atoms with E-state index in [1.807, 2.05) is 16.8 Å². The highest BCUT2D eigenvalue weighted by Gasteiger charge is 2.29. The minimum atomic E-state index is 0.541. The molecule has 0 saturated carbocycles. The molecule has 3 rings (SSSR count). The number of nitrogens with two attached hydrogens (primary N) is 1. The SMILES string of the molecule is CC(C)C1CCCN1c1nc(N)cn2ccnc12. The zero-order chi connectivity index (χ0) is 12.7. The highest BCUT2D eigenvalue weighted by Crippen LogP contribution is 2.31. The maximum atomic E-state index is 5.89. The second kappa shape index (κ2) is 4.15. The Kier molecular flexibility index (Phi) is 2.61. The zero-order valence-electron chi connectivity index (χ0n) is 10.9. The second-order valence-electron chi connectivity index (χ2n) is 5.29. The molecule has 2 aromatic heterocycles. The summed E-state index contributed by atoms with van der Waals surface area (Å²) in [4.78, 5) is 11.3. The van der Waals surface area contributed by atoms with Crippen LogP contribution in [0.1, 0.15) is 26.7 Å². The second-order valence-corrected chi connectivity index (χ2v) is 5.29. The highest BCUT2D eigenvalue weighted by molar-refractivity contribution is 5.67. The molecule has 0 aliphatic carbocycles. The van der Waals surface area contributed by atoms with Gasteiger partial charge in [0, 0.05) is 25.0 Å². The number of aromatic nitrogens is 3. The van der Waals surface area contributed by atoms with Crippen LogP contribution in [0, 0.1) is 5.92 Å². The number of nitrogens with zero attached hydrogens (tertiary/aromatic N) is 4. The van der Waals surface area contributed by atoms with Crippen LogP contribution in [0.15, 0.2) is 18.6 Å². The van der Waals surface area contributed by atoms with Crippen molar-refractivity contribution in [2.75, 3.05) is 17.2 Å². The summed E-state index contributed by atoms with van der Waals surface area (Å²) in [7, 11) is 0. The summed E-state index contributed by atoms with van der Waals surface area (Å²) in [6.07, 6.45) is 7.96. The predicted octanol–water partition coefficient (Wildman–Crippen LogP) is 1.94. The number of hydrogen-bond donors (Lipinski definition) is 1. The molecule has 1 fully saturated rings. The molecule has 1 aliphatic heterocycles. The van der Waals surface area contributed by atoms with Gasteiger partial charge in [-0.2, -0.15) is 0 Å². The smallest absolute Gasteiger partial charge is 0.180 e. The normalized spacial score (nSPS) is 20.2. The van der Waals surface area contributed by atoms with Crippen LogP contribution in [0.4, 0.5) is 11.6 Å². The molecule has 3 heterocycles. The predicted molar refractivity (Wildman–Crippen MR) is 72.6 cm³/mol. The number of hydrogen-bond acceptors (Lipinski definition) is 4. The van der Waals surface area contributed by atoms with Crippen molar-refractivity contribution in [2.24, 2.45) is 5.92 Å². The standard InChI is InChI=1S/C13H19N5/c1-9(2)10-4-3-6-18(10)13-12-15-5-7-17(12)8-11(14)16-13/h5,7-10H,3-4,6,14H2,1-2H3. The van der Waals surface area contributed by atoms with Crippen LogP contribution >= 0.6 is 0 Å². The van der Waals surface area contributed by atoms with Crippen molar-refractivity contribution >= 4 is 17.3 Å². The molecule has 0 aromatic carbocycles. The third kappa shape index (κ3) is 1.70. The van der Waals surface area contributed by atoms with Crippen LogP contribution in [0.5, 0.6) is 0 Å². The minimum absolute atomic E-state index is 0.541. The van der Waals surface area contributed by atoms with E-state index >= 15 is 0 Å². The van der Waals surface area contributed by atoms with E-state index in [-0.39, 0.29) is 0 Å². The molecular weight excluding hydrogens is 226 g/mol. The van der Waals surface area contributed by atoms with Gasteiger partial charge in [0.2, 0.25) is 0 Å². The molecule has 0 radical (unpaired) electrons. The molecule has 5 nitrogen and oxygen atoms in total. The Morgan fingerprint density at radius 1 is 1.44 bits per heavy atom. The van der Waals surface area contributed by atoms with Gasteiger partial charge >= 0.3 is 0 Å². The molecule has 5 heteroatoms. The van der Waals surface area contributed by atoms with E-state index in [2.05, 4.69) is 28.7 Å². The molecule has 0 spiro atoms. The first kappa shape index (κ1) is 11.3.